The SMILES string of the molecule is CC(C)C1(C(=O)O)CCN(C(=O)CCC(C)(C)C)C1. The monoisotopic (exact) mass is 269 g/mol. The second-order valence-corrected chi connectivity index (χ2v) is 7.24. The third-order valence-electron chi connectivity index (χ3n) is 4.27. The highest BCUT2D eigenvalue weighted by Crippen LogP contribution is 2.38. The van der Waals surface area contributed by atoms with Crippen molar-refractivity contribution in [1.29, 1.82) is 0 Å². The zero-order valence-electron chi connectivity index (χ0n) is 12.8. The van der Waals surface area contributed by atoms with Crippen LogP contribution in [0.1, 0.15) is 53.9 Å². The van der Waals surface area contributed by atoms with E-state index in [1.165, 1.54) is 0 Å². The van der Waals surface area contributed by atoms with E-state index in [0.29, 0.717) is 25.9 Å². The van der Waals surface area contributed by atoms with Gasteiger partial charge in [-0.2, -0.15) is 0 Å². The maximum absolute atomic E-state index is 12.2. The van der Waals surface area contributed by atoms with Gasteiger partial charge in [0.05, 0.1) is 5.41 Å². The highest BCUT2D eigenvalue weighted by Gasteiger charge is 2.48. The first kappa shape index (κ1) is 16.0. The predicted molar refractivity (Wildman–Crippen MR) is 74.8 cm³/mol. The van der Waals surface area contributed by atoms with Crippen molar-refractivity contribution in [2.24, 2.45) is 16.7 Å². The molecule has 1 aliphatic heterocycles. The Morgan fingerprint density at radius 1 is 1.32 bits per heavy atom. The summed E-state index contributed by atoms with van der Waals surface area (Å²) >= 11 is 0. The molecule has 1 saturated heterocycles. The fourth-order valence-corrected chi connectivity index (χ4v) is 2.58. The minimum Gasteiger partial charge on any atom is -0.481 e. The molecule has 1 aliphatic rings. The number of hydrogen-bond acceptors (Lipinski definition) is 2. The number of hydrogen-bond donors (Lipinski definition) is 1. The lowest BCUT2D eigenvalue weighted by Crippen LogP contribution is -2.40. The number of carboxylic acids is 1. The standard InChI is InChI=1S/C15H27NO3/c1-11(2)15(13(18)19)8-9-16(10-15)12(17)6-7-14(3,4)5/h11H,6-10H2,1-5H3,(H,18,19). The summed E-state index contributed by atoms with van der Waals surface area (Å²) in [5.41, 5.74) is -0.616. The summed E-state index contributed by atoms with van der Waals surface area (Å²) in [5, 5.41) is 9.45. The minimum absolute atomic E-state index is 0.0467. The fraction of sp³-hybridized carbons (Fsp3) is 0.867. The number of amides is 1. The van der Waals surface area contributed by atoms with Gasteiger partial charge >= 0.3 is 5.97 Å². The zero-order valence-corrected chi connectivity index (χ0v) is 12.8. The van der Waals surface area contributed by atoms with Gasteiger partial charge in [-0.1, -0.05) is 34.6 Å². The van der Waals surface area contributed by atoms with Crippen LogP contribution in [0.25, 0.3) is 0 Å². The Kier molecular flexibility index (Phi) is 4.64. The molecule has 4 heteroatoms. The van der Waals surface area contributed by atoms with Crippen molar-refractivity contribution in [2.45, 2.75) is 53.9 Å². The van der Waals surface area contributed by atoms with Crippen LogP contribution in [0.5, 0.6) is 0 Å². The molecular formula is C15H27NO3. The van der Waals surface area contributed by atoms with Crippen LogP contribution >= 0.6 is 0 Å². The molecule has 0 spiro atoms. The Bertz CT molecular complexity index is 357. The Morgan fingerprint density at radius 3 is 2.26 bits per heavy atom. The molecule has 0 bridgehead atoms. The van der Waals surface area contributed by atoms with Crippen molar-refractivity contribution in [3.63, 3.8) is 0 Å². The van der Waals surface area contributed by atoms with Crippen LogP contribution in [0.2, 0.25) is 0 Å². The lowest BCUT2D eigenvalue weighted by atomic mass is 9.76. The number of rotatable bonds is 4. The number of aliphatic carboxylic acids is 1. The second-order valence-electron chi connectivity index (χ2n) is 7.24. The van der Waals surface area contributed by atoms with E-state index in [1.54, 1.807) is 4.90 Å². The lowest BCUT2D eigenvalue weighted by Gasteiger charge is -2.29. The molecule has 0 aliphatic carbocycles. The van der Waals surface area contributed by atoms with Crippen molar-refractivity contribution in [3.05, 3.63) is 0 Å². The van der Waals surface area contributed by atoms with Crippen molar-refractivity contribution in [3.8, 4) is 0 Å². The molecular weight excluding hydrogens is 242 g/mol. The molecule has 1 fully saturated rings. The molecule has 0 aromatic carbocycles. The van der Waals surface area contributed by atoms with E-state index >= 15 is 0 Å². The van der Waals surface area contributed by atoms with Gasteiger partial charge in [0.2, 0.25) is 5.91 Å². The molecule has 0 aromatic heterocycles. The molecule has 1 N–H and O–H groups in total. The van der Waals surface area contributed by atoms with Crippen molar-refractivity contribution in [2.75, 3.05) is 13.1 Å². The van der Waals surface area contributed by atoms with Gasteiger partial charge in [-0.3, -0.25) is 9.59 Å². The van der Waals surface area contributed by atoms with E-state index in [9.17, 15) is 14.7 Å². The van der Waals surface area contributed by atoms with Crippen LogP contribution in [-0.2, 0) is 9.59 Å². The minimum atomic E-state index is -0.770. The molecule has 110 valence electrons. The van der Waals surface area contributed by atoms with Gasteiger partial charge in [-0.25, -0.2) is 0 Å². The lowest BCUT2D eigenvalue weighted by molar-refractivity contribution is -0.151. The van der Waals surface area contributed by atoms with Gasteiger partial charge in [-0.15, -0.1) is 0 Å². The molecule has 1 unspecified atom stereocenters. The molecule has 1 atom stereocenters. The van der Waals surface area contributed by atoms with Gasteiger partial charge in [0, 0.05) is 19.5 Å². The summed E-state index contributed by atoms with van der Waals surface area (Å²) < 4.78 is 0. The van der Waals surface area contributed by atoms with E-state index in [4.69, 9.17) is 0 Å². The van der Waals surface area contributed by atoms with Gasteiger partial charge in [-0.05, 0) is 24.2 Å². The summed E-state index contributed by atoms with van der Waals surface area (Å²) in [4.78, 5) is 25.4. The van der Waals surface area contributed by atoms with Crippen molar-refractivity contribution < 1.29 is 14.7 Å². The first-order chi connectivity index (χ1) is 8.58. The smallest absolute Gasteiger partial charge is 0.311 e. The Morgan fingerprint density at radius 2 is 1.89 bits per heavy atom. The highest BCUT2D eigenvalue weighted by atomic mass is 16.4. The van der Waals surface area contributed by atoms with Crippen molar-refractivity contribution in [1.82, 2.24) is 4.90 Å². The van der Waals surface area contributed by atoms with Crippen LogP contribution in [-0.4, -0.2) is 35.0 Å². The topological polar surface area (TPSA) is 57.6 Å². The summed E-state index contributed by atoms with van der Waals surface area (Å²) in [5.74, 6) is -0.627. The molecule has 0 saturated carbocycles. The summed E-state index contributed by atoms with van der Waals surface area (Å²) in [6.45, 7) is 11.1. The fourth-order valence-electron chi connectivity index (χ4n) is 2.58. The molecule has 1 rings (SSSR count). The number of likely N-dealkylation sites (tertiary alicyclic amines) is 1. The van der Waals surface area contributed by atoms with E-state index < -0.39 is 11.4 Å². The van der Waals surface area contributed by atoms with Crippen molar-refractivity contribution >= 4 is 11.9 Å². The highest BCUT2D eigenvalue weighted by molar-refractivity contribution is 5.80. The van der Waals surface area contributed by atoms with Crippen LogP contribution in [0.15, 0.2) is 0 Å². The first-order valence-corrected chi connectivity index (χ1v) is 7.10. The number of carbonyl (C=O) groups is 2. The number of carbonyl (C=O) groups excluding carboxylic acids is 1. The second kappa shape index (κ2) is 5.51. The predicted octanol–water partition coefficient (Wildman–Crippen LogP) is 2.77. The molecule has 0 aromatic rings. The third kappa shape index (κ3) is 3.71. The Labute approximate surface area is 116 Å². The Hall–Kier alpha value is -1.06. The summed E-state index contributed by atoms with van der Waals surface area (Å²) in [7, 11) is 0. The molecule has 1 heterocycles. The first-order valence-electron chi connectivity index (χ1n) is 7.10. The zero-order chi connectivity index (χ0) is 14.8. The third-order valence-corrected chi connectivity index (χ3v) is 4.27. The van der Waals surface area contributed by atoms with E-state index in [2.05, 4.69) is 20.8 Å². The van der Waals surface area contributed by atoms with E-state index in [-0.39, 0.29) is 17.2 Å². The average Bonchev–Trinajstić information content (AvgIpc) is 2.70. The molecule has 19 heavy (non-hydrogen) atoms. The Balaban J connectivity index is 2.65. The van der Waals surface area contributed by atoms with Gasteiger partial charge < -0.3 is 10.0 Å². The molecule has 4 nitrogen and oxygen atoms in total. The van der Waals surface area contributed by atoms with Crippen LogP contribution < -0.4 is 0 Å². The van der Waals surface area contributed by atoms with Gasteiger partial charge in [0.15, 0.2) is 0 Å². The van der Waals surface area contributed by atoms with E-state index in [1.807, 2.05) is 13.8 Å². The molecule has 0 radical (unpaired) electrons. The molecule has 1 amide bonds. The quantitative estimate of drug-likeness (QED) is 0.853. The maximum atomic E-state index is 12.2. The normalized spacial score (nSPS) is 24.0. The summed E-state index contributed by atoms with van der Waals surface area (Å²) in [6.07, 6.45) is 1.92. The summed E-state index contributed by atoms with van der Waals surface area (Å²) in [6, 6.07) is 0. The maximum Gasteiger partial charge on any atom is 0.311 e. The van der Waals surface area contributed by atoms with Gasteiger partial charge in [0.25, 0.3) is 0 Å². The number of carboxylic acid groups (broad SMARTS) is 1. The average molecular weight is 269 g/mol. The van der Waals surface area contributed by atoms with Crippen LogP contribution in [0.3, 0.4) is 0 Å². The van der Waals surface area contributed by atoms with Crippen LogP contribution in [0, 0.1) is 16.7 Å². The van der Waals surface area contributed by atoms with Crippen LogP contribution in [0.4, 0.5) is 0 Å². The van der Waals surface area contributed by atoms with E-state index in [0.717, 1.165) is 6.42 Å². The number of nitrogens with zero attached hydrogens (tertiary/aromatic N) is 1. The largest absolute Gasteiger partial charge is 0.481 e. The van der Waals surface area contributed by atoms with Gasteiger partial charge in [0.1, 0.15) is 0 Å².